The molecule has 0 amide bonds. The lowest BCUT2D eigenvalue weighted by Crippen LogP contribution is -2.33. The number of rotatable bonds is 6. The first-order valence-corrected chi connectivity index (χ1v) is 9.44. The Labute approximate surface area is 136 Å². The van der Waals surface area contributed by atoms with Gasteiger partial charge in [-0.1, -0.05) is 19.9 Å². The summed E-state index contributed by atoms with van der Waals surface area (Å²) in [5, 5.41) is 7.47. The fraction of sp³-hybridized carbons (Fsp3) is 0.600. The predicted molar refractivity (Wildman–Crippen MR) is 86.5 cm³/mol. The highest BCUT2D eigenvalue weighted by Crippen LogP contribution is 2.28. The summed E-state index contributed by atoms with van der Waals surface area (Å²) in [6.07, 6.45) is 0.892. The Morgan fingerprint density at radius 2 is 2.09 bits per heavy atom. The van der Waals surface area contributed by atoms with Crippen molar-refractivity contribution in [3.63, 3.8) is 0 Å². The van der Waals surface area contributed by atoms with Gasteiger partial charge in [0.05, 0.1) is 0 Å². The highest BCUT2D eigenvalue weighted by atomic mass is 32.2. The molecule has 7 nitrogen and oxygen atoms in total. The zero-order valence-corrected chi connectivity index (χ0v) is 14.3. The van der Waals surface area contributed by atoms with Crippen LogP contribution in [0.5, 0.6) is 0 Å². The SMILES string of the molecule is CCN(CC)C[C@@H]1CCN(S(=O)(=O)c2cccc3nonc23)C1. The van der Waals surface area contributed by atoms with Crippen molar-refractivity contribution in [1.82, 2.24) is 19.5 Å². The van der Waals surface area contributed by atoms with Crippen LogP contribution in [0.2, 0.25) is 0 Å². The molecular weight excluding hydrogens is 316 g/mol. The van der Waals surface area contributed by atoms with E-state index in [-0.39, 0.29) is 4.90 Å². The van der Waals surface area contributed by atoms with Crippen molar-refractivity contribution in [1.29, 1.82) is 0 Å². The maximum atomic E-state index is 12.9. The number of aromatic nitrogens is 2. The first kappa shape index (κ1) is 16.4. The minimum absolute atomic E-state index is 0.180. The lowest BCUT2D eigenvalue weighted by molar-refractivity contribution is 0.256. The summed E-state index contributed by atoms with van der Waals surface area (Å²) in [5.74, 6) is 0.374. The highest BCUT2D eigenvalue weighted by Gasteiger charge is 2.34. The zero-order chi connectivity index (χ0) is 16.4. The molecule has 2 aromatic rings. The van der Waals surface area contributed by atoms with Crippen LogP contribution in [0.1, 0.15) is 20.3 Å². The van der Waals surface area contributed by atoms with E-state index in [9.17, 15) is 8.42 Å². The Morgan fingerprint density at radius 3 is 2.83 bits per heavy atom. The standard InChI is InChI=1S/C15H22N4O3S/c1-3-18(4-2)10-12-8-9-19(11-12)23(20,21)14-7-5-6-13-15(14)17-22-16-13/h5-7,12H,3-4,8-11H2,1-2H3/t12-/m0/s1. The van der Waals surface area contributed by atoms with Gasteiger partial charge in [-0.3, -0.25) is 0 Å². The molecule has 1 aromatic heterocycles. The Kier molecular flexibility index (Phi) is 4.65. The van der Waals surface area contributed by atoms with E-state index >= 15 is 0 Å². The van der Waals surface area contributed by atoms with Crippen molar-refractivity contribution in [2.24, 2.45) is 5.92 Å². The molecule has 0 N–H and O–H groups in total. The Bertz CT molecular complexity index is 770. The number of sulfonamides is 1. The zero-order valence-electron chi connectivity index (χ0n) is 13.5. The minimum atomic E-state index is -3.57. The van der Waals surface area contributed by atoms with Gasteiger partial charge in [0.2, 0.25) is 10.0 Å². The maximum Gasteiger partial charge on any atom is 0.245 e. The van der Waals surface area contributed by atoms with Gasteiger partial charge in [0.25, 0.3) is 0 Å². The van der Waals surface area contributed by atoms with Crippen molar-refractivity contribution in [3.05, 3.63) is 18.2 Å². The molecule has 0 radical (unpaired) electrons. The molecule has 1 aliphatic heterocycles. The topological polar surface area (TPSA) is 79.5 Å². The van der Waals surface area contributed by atoms with E-state index in [1.807, 2.05) is 0 Å². The highest BCUT2D eigenvalue weighted by molar-refractivity contribution is 7.89. The van der Waals surface area contributed by atoms with Crippen LogP contribution >= 0.6 is 0 Å². The van der Waals surface area contributed by atoms with Crippen molar-refractivity contribution in [2.75, 3.05) is 32.7 Å². The normalized spacial score (nSPS) is 19.9. The second-order valence-electron chi connectivity index (χ2n) is 5.89. The van der Waals surface area contributed by atoms with E-state index < -0.39 is 10.0 Å². The van der Waals surface area contributed by atoms with Crippen molar-refractivity contribution in [3.8, 4) is 0 Å². The summed E-state index contributed by atoms with van der Waals surface area (Å²) in [6.45, 7) is 8.29. The van der Waals surface area contributed by atoms with E-state index in [1.54, 1.807) is 22.5 Å². The molecule has 1 saturated heterocycles. The predicted octanol–water partition coefficient (Wildman–Crippen LogP) is 1.58. The molecule has 1 fully saturated rings. The van der Waals surface area contributed by atoms with Gasteiger partial charge in [0.1, 0.15) is 10.4 Å². The molecular formula is C15H22N4O3S. The minimum Gasteiger partial charge on any atom is -0.304 e. The number of fused-ring (bicyclic) bond motifs is 1. The summed E-state index contributed by atoms with van der Waals surface area (Å²) < 4.78 is 32.1. The molecule has 1 aromatic carbocycles. The van der Waals surface area contributed by atoms with Gasteiger partial charge < -0.3 is 4.90 Å². The average molecular weight is 338 g/mol. The lowest BCUT2D eigenvalue weighted by Gasteiger charge is -2.22. The molecule has 0 unspecified atom stereocenters. The summed E-state index contributed by atoms with van der Waals surface area (Å²) in [5.41, 5.74) is 0.768. The molecule has 0 spiro atoms. The fourth-order valence-electron chi connectivity index (χ4n) is 3.14. The van der Waals surface area contributed by atoms with Gasteiger partial charge in [0, 0.05) is 19.6 Å². The van der Waals surface area contributed by atoms with Crippen LogP contribution in [0, 0.1) is 5.92 Å². The second-order valence-corrected chi connectivity index (χ2v) is 7.80. The van der Waals surface area contributed by atoms with Crippen LogP contribution in [0.25, 0.3) is 11.0 Å². The third-order valence-electron chi connectivity index (χ3n) is 4.53. The van der Waals surface area contributed by atoms with Crippen molar-refractivity contribution >= 4 is 21.1 Å². The van der Waals surface area contributed by atoms with E-state index in [0.29, 0.717) is 30.0 Å². The molecule has 2 heterocycles. The maximum absolute atomic E-state index is 12.9. The van der Waals surface area contributed by atoms with Crippen LogP contribution in [0.4, 0.5) is 0 Å². The molecule has 0 aliphatic carbocycles. The summed E-state index contributed by atoms with van der Waals surface area (Å²) >= 11 is 0. The molecule has 3 rings (SSSR count). The van der Waals surface area contributed by atoms with Crippen molar-refractivity contribution < 1.29 is 13.0 Å². The summed E-state index contributed by atoms with van der Waals surface area (Å²) in [4.78, 5) is 2.52. The average Bonchev–Trinajstić information content (AvgIpc) is 3.21. The molecule has 1 atom stereocenters. The van der Waals surface area contributed by atoms with Gasteiger partial charge in [-0.25, -0.2) is 13.0 Å². The number of nitrogens with zero attached hydrogens (tertiary/aromatic N) is 4. The van der Waals surface area contributed by atoms with Crippen LogP contribution in [-0.4, -0.2) is 60.7 Å². The van der Waals surface area contributed by atoms with Gasteiger partial charge >= 0.3 is 0 Å². The summed E-state index contributed by atoms with van der Waals surface area (Å²) in [6, 6.07) is 4.93. The van der Waals surface area contributed by atoms with Crippen LogP contribution in [0.15, 0.2) is 27.7 Å². The van der Waals surface area contributed by atoms with Crippen LogP contribution in [0.3, 0.4) is 0 Å². The van der Waals surface area contributed by atoms with E-state index in [4.69, 9.17) is 0 Å². The first-order chi connectivity index (χ1) is 11.1. The summed E-state index contributed by atoms with van der Waals surface area (Å²) in [7, 11) is -3.57. The molecule has 126 valence electrons. The monoisotopic (exact) mass is 338 g/mol. The Balaban J connectivity index is 1.80. The van der Waals surface area contributed by atoms with E-state index in [2.05, 4.69) is 33.7 Å². The second kappa shape index (κ2) is 6.54. The molecule has 8 heteroatoms. The van der Waals surface area contributed by atoms with Crippen molar-refractivity contribution in [2.45, 2.75) is 25.2 Å². The van der Waals surface area contributed by atoms with Crippen LogP contribution in [-0.2, 0) is 10.0 Å². The lowest BCUT2D eigenvalue weighted by atomic mass is 10.1. The number of hydrogen-bond donors (Lipinski definition) is 0. The largest absolute Gasteiger partial charge is 0.304 e. The Morgan fingerprint density at radius 1 is 1.30 bits per heavy atom. The van der Waals surface area contributed by atoms with E-state index in [0.717, 1.165) is 26.1 Å². The van der Waals surface area contributed by atoms with E-state index in [1.165, 1.54) is 0 Å². The fourth-order valence-corrected chi connectivity index (χ4v) is 4.81. The molecule has 0 saturated carbocycles. The quantitative estimate of drug-likeness (QED) is 0.795. The van der Waals surface area contributed by atoms with Gasteiger partial charge in [-0.05, 0) is 47.9 Å². The number of hydrogen-bond acceptors (Lipinski definition) is 6. The first-order valence-electron chi connectivity index (χ1n) is 8.00. The molecule has 0 bridgehead atoms. The molecule has 23 heavy (non-hydrogen) atoms. The van der Waals surface area contributed by atoms with Gasteiger partial charge in [0.15, 0.2) is 5.52 Å². The van der Waals surface area contributed by atoms with Gasteiger partial charge in [-0.2, -0.15) is 4.31 Å². The third-order valence-corrected chi connectivity index (χ3v) is 6.42. The van der Waals surface area contributed by atoms with Crippen LogP contribution < -0.4 is 0 Å². The third kappa shape index (κ3) is 3.11. The number of benzene rings is 1. The molecule has 1 aliphatic rings. The smallest absolute Gasteiger partial charge is 0.245 e. The van der Waals surface area contributed by atoms with Gasteiger partial charge in [-0.15, -0.1) is 0 Å². The Hall–Kier alpha value is -1.51.